The maximum Gasteiger partial charge on any atom is 0.240 e. The van der Waals surface area contributed by atoms with Crippen molar-refractivity contribution >= 4 is 25.2 Å². The Morgan fingerprint density at radius 3 is 2.86 bits per heavy atom. The normalized spacial score (nSPS) is 25.0. The number of fused-ring (bicyclic) bond motifs is 3. The van der Waals surface area contributed by atoms with E-state index in [-0.39, 0.29) is 25.2 Å². The van der Waals surface area contributed by atoms with E-state index in [0.717, 1.165) is 30.8 Å². The molecule has 6 nitrogen and oxygen atoms in total. The van der Waals surface area contributed by atoms with Gasteiger partial charge in [0.15, 0.2) is 5.82 Å². The molecule has 2 aromatic rings. The monoisotopic (exact) mass is 380 g/mol. The van der Waals surface area contributed by atoms with Gasteiger partial charge in [-0.25, -0.2) is 14.4 Å². The molecular formula is C20H22BFN4O2. The zero-order valence-corrected chi connectivity index (χ0v) is 15.4. The van der Waals surface area contributed by atoms with Crippen molar-refractivity contribution in [2.45, 2.75) is 31.3 Å². The molecule has 1 atom stereocenters. The van der Waals surface area contributed by atoms with E-state index in [1.54, 1.807) is 0 Å². The molecule has 28 heavy (non-hydrogen) atoms. The molecule has 2 saturated carbocycles. The van der Waals surface area contributed by atoms with Crippen molar-refractivity contribution in [3.05, 3.63) is 47.5 Å². The topological polar surface area (TPSA) is 67.4 Å². The van der Waals surface area contributed by atoms with Gasteiger partial charge in [-0.15, -0.1) is 0 Å². The molecule has 3 aliphatic rings. The molecule has 0 saturated heterocycles. The third kappa shape index (κ3) is 3.01. The number of rotatable bonds is 3. The smallest absolute Gasteiger partial charge is 0.240 e. The Bertz CT molecular complexity index is 941. The summed E-state index contributed by atoms with van der Waals surface area (Å²) in [5.74, 6) is -0.694. The second-order valence-corrected chi connectivity index (χ2v) is 8.19. The fourth-order valence-electron chi connectivity index (χ4n) is 4.75. The number of anilines is 1. The van der Waals surface area contributed by atoms with E-state index in [1.165, 1.54) is 24.0 Å². The van der Waals surface area contributed by atoms with Gasteiger partial charge in [-0.2, -0.15) is 0 Å². The van der Waals surface area contributed by atoms with Gasteiger partial charge < -0.3 is 4.74 Å². The Labute approximate surface area is 165 Å². The van der Waals surface area contributed by atoms with Crippen LogP contribution in [0.5, 0.6) is 0 Å². The highest BCUT2D eigenvalue weighted by atomic mass is 19.1. The van der Waals surface area contributed by atoms with E-state index in [2.05, 4.69) is 27.4 Å². The Hall–Kier alpha value is -2.32. The maximum absolute atomic E-state index is 12.9. The highest BCUT2D eigenvalue weighted by molar-refractivity contribution is 6.32. The van der Waals surface area contributed by atoms with Gasteiger partial charge >= 0.3 is 0 Å². The number of hydrogen-bond donors (Lipinski definition) is 1. The van der Waals surface area contributed by atoms with Crippen molar-refractivity contribution in [2.24, 2.45) is 5.41 Å². The van der Waals surface area contributed by atoms with Gasteiger partial charge in [0.25, 0.3) is 0 Å². The Kier molecular flexibility index (Phi) is 4.03. The highest BCUT2D eigenvalue weighted by Gasteiger charge is 2.74. The molecule has 1 aromatic heterocycles. The Balaban J connectivity index is 0.00000205. The van der Waals surface area contributed by atoms with Crippen LogP contribution < -0.4 is 10.8 Å². The third-order valence-electron chi connectivity index (χ3n) is 6.30. The molecule has 2 radical (unpaired) electrons. The van der Waals surface area contributed by atoms with Gasteiger partial charge in [0.1, 0.15) is 7.85 Å². The molecule has 2 heterocycles. The first kappa shape index (κ1) is 17.8. The predicted octanol–water partition coefficient (Wildman–Crippen LogP) is 1.51. The van der Waals surface area contributed by atoms with Crippen LogP contribution in [0.4, 0.5) is 10.3 Å². The van der Waals surface area contributed by atoms with E-state index in [4.69, 9.17) is 12.6 Å². The molecule has 144 valence electrons. The van der Waals surface area contributed by atoms with E-state index in [0.29, 0.717) is 18.8 Å². The summed E-state index contributed by atoms with van der Waals surface area (Å²) in [5, 5.41) is 2.62. The first-order valence-electron chi connectivity index (χ1n) is 9.46. The van der Waals surface area contributed by atoms with Crippen LogP contribution in [-0.2, 0) is 21.6 Å². The fourth-order valence-corrected chi connectivity index (χ4v) is 4.75. The molecule has 1 unspecified atom stereocenters. The summed E-state index contributed by atoms with van der Waals surface area (Å²) in [6, 6.07) is 6.07. The van der Waals surface area contributed by atoms with Crippen molar-refractivity contribution < 1.29 is 15.3 Å². The van der Waals surface area contributed by atoms with Gasteiger partial charge in [0.05, 0.1) is 32.3 Å². The van der Waals surface area contributed by atoms with Crippen molar-refractivity contribution in [3.8, 4) is 0 Å². The lowest BCUT2D eigenvalue weighted by atomic mass is 9.82. The number of nitrogens with one attached hydrogen (secondary N) is 1. The number of benzene rings is 1. The van der Waals surface area contributed by atoms with Gasteiger partial charge in [0, 0.05) is 13.4 Å². The molecule has 1 N–H and O–H groups in total. The van der Waals surface area contributed by atoms with Gasteiger partial charge in [-0.1, -0.05) is 23.7 Å². The van der Waals surface area contributed by atoms with E-state index < -0.39 is 5.82 Å². The number of ether oxygens (including phenoxy) is 1. The maximum atomic E-state index is 12.9. The molecule has 1 aliphatic heterocycles. The second-order valence-electron chi connectivity index (χ2n) is 8.19. The summed E-state index contributed by atoms with van der Waals surface area (Å²) in [6.07, 6.45) is 5.64. The lowest BCUT2D eigenvalue weighted by molar-refractivity contribution is -0.119. The van der Waals surface area contributed by atoms with E-state index in [1.807, 2.05) is 11.0 Å². The third-order valence-corrected chi connectivity index (χ3v) is 6.30. The van der Waals surface area contributed by atoms with Crippen molar-refractivity contribution in [3.63, 3.8) is 0 Å². The van der Waals surface area contributed by atoms with Crippen LogP contribution in [0.15, 0.2) is 30.6 Å². The average Bonchev–Trinajstić information content (AvgIpc) is 3.56. The predicted molar refractivity (Wildman–Crippen MR) is 104 cm³/mol. The van der Waals surface area contributed by atoms with Gasteiger partial charge in [-0.05, 0) is 35.8 Å². The molecule has 2 spiro atoms. The van der Waals surface area contributed by atoms with Gasteiger partial charge in [-0.3, -0.25) is 15.0 Å². The average molecular weight is 380 g/mol. The largest absolute Gasteiger partial charge is 0.361 e. The van der Waals surface area contributed by atoms with Crippen LogP contribution in [0.1, 0.15) is 31.8 Å². The number of aromatic nitrogens is 2. The first-order valence-corrected chi connectivity index (χ1v) is 9.46. The summed E-state index contributed by atoms with van der Waals surface area (Å²) in [7, 11) is 6.08. The molecule has 5 rings (SSSR count). The quantitative estimate of drug-likeness (QED) is 0.818. The molecule has 2 fully saturated rings. The van der Waals surface area contributed by atoms with Crippen molar-refractivity contribution in [1.82, 2.24) is 14.9 Å². The van der Waals surface area contributed by atoms with Crippen LogP contribution in [-0.4, -0.2) is 48.4 Å². The minimum atomic E-state index is -0.543. The minimum Gasteiger partial charge on any atom is -0.361 e. The lowest BCUT2D eigenvalue weighted by Gasteiger charge is -2.32. The Morgan fingerprint density at radius 2 is 2.14 bits per heavy atom. The number of carbonyl (C=O) groups excluding carboxylic acids is 1. The molecule has 8 heteroatoms. The number of amides is 1. The standard InChI is InChI=1S/C20H20BFN4O2.H2/c21-14-2-1-13-9-28-12-26(8-17(27)25-18-23-6-15(22)7-24-18)11-20(16(13)5-14)10-19(20)3-4-19;/h1-2,5-7H,3-4,8-12H2,(H,23,24,25,27);1H. The summed E-state index contributed by atoms with van der Waals surface area (Å²) in [5.41, 5.74) is 3.65. The number of nitrogens with zero attached hydrogens (tertiary/aromatic N) is 3. The molecule has 1 amide bonds. The molecule has 0 bridgehead atoms. The molecular weight excluding hydrogens is 358 g/mol. The lowest BCUT2D eigenvalue weighted by Crippen LogP contribution is -2.42. The van der Waals surface area contributed by atoms with Crippen molar-refractivity contribution in [1.29, 1.82) is 0 Å². The zero-order valence-electron chi connectivity index (χ0n) is 15.4. The summed E-state index contributed by atoms with van der Waals surface area (Å²) in [6.45, 7) is 1.79. The van der Waals surface area contributed by atoms with E-state index >= 15 is 0 Å². The van der Waals surface area contributed by atoms with Crippen LogP contribution in [0, 0.1) is 11.2 Å². The number of carbonyl (C=O) groups is 1. The van der Waals surface area contributed by atoms with E-state index in [9.17, 15) is 9.18 Å². The SMILES string of the molecule is [B]c1ccc2c(c1)C1(CN(CC(=O)Nc3ncc(F)cn3)COC2)CC12CC2.[HH]. The van der Waals surface area contributed by atoms with Crippen LogP contribution >= 0.6 is 0 Å². The number of hydrogen-bond acceptors (Lipinski definition) is 5. The minimum absolute atomic E-state index is 0. The second kappa shape index (κ2) is 6.35. The zero-order chi connectivity index (χ0) is 19.4. The Morgan fingerprint density at radius 1 is 1.36 bits per heavy atom. The summed E-state index contributed by atoms with van der Waals surface area (Å²) < 4.78 is 18.8. The summed E-state index contributed by atoms with van der Waals surface area (Å²) in [4.78, 5) is 22.0. The fraction of sp³-hybridized carbons (Fsp3) is 0.450. The van der Waals surface area contributed by atoms with Gasteiger partial charge in [0.2, 0.25) is 11.9 Å². The van der Waals surface area contributed by atoms with Crippen molar-refractivity contribution in [2.75, 3.05) is 25.1 Å². The summed E-state index contributed by atoms with van der Waals surface area (Å²) >= 11 is 0. The molecule has 1 aromatic carbocycles. The molecule has 2 aliphatic carbocycles. The van der Waals surface area contributed by atoms with Crippen LogP contribution in [0.2, 0.25) is 0 Å². The first-order chi connectivity index (χ1) is 13.5. The van der Waals surface area contributed by atoms with Crippen LogP contribution in [0.3, 0.4) is 0 Å². The highest BCUT2D eigenvalue weighted by Crippen LogP contribution is 2.79. The van der Waals surface area contributed by atoms with Crippen LogP contribution in [0.25, 0.3) is 0 Å². The number of halogens is 1.